The average molecular weight is 289 g/mol. The Morgan fingerprint density at radius 2 is 1.57 bits per heavy atom. The summed E-state index contributed by atoms with van der Waals surface area (Å²) in [6.45, 7) is 7.84. The van der Waals surface area contributed by atoms with Crippen LogP contribution in [0, 0.1) is 40.4 Å². The SMILES string of the molecule is CC[C@@H]1CC[C@H]2[C@@H]3CCC4CCCC[C@]4(C)[C@H]3CC[C@]12C. The standard InChI is InChI=1S/C21H36/c1-4-15-9-11-18-17-10-8-16-7-5-6-13-20(16,2)19(17)12-14-21(15,18)3/h15-19H,4-14H2,1-3H3/t15-,16?,17+,18+,19+,20+,21-/m1/s1. The van der Waals surface area contributed by atoms with Crippen molar-refractivity contribution < 1.29 is 0 Å². The van der Waals surface area contributed by atoms with Gasteiger partial charge < -0.3 is 0 Å². The zero-order valence-electron chi connectivity index (χ0n) is 14.7. The van der Waals surface area contributed by atoms with Gasteiger partial charge in [-0.1, -0.05) is 40.0 Å². The molecule has 0 N–H and O–H groups in total. The molecule has 4 saturated carbocycles. The van der Waals surface area contributed by atoms with Crippen molar-refractivity contribution in [2.24, 2.45) is 40.4 Å². The molecule has 0 spiro atoms. The molecule has 0 bridgehead atoms. The number of rotatable bonds is 1. The Bertz CT molecular complexity index is 399. The van der Waals surface area contributed by atoms with Crippen molar-refractivity contribution in [2.45, 2.75) is 91.4 Å². The molecule has 0 nitrogen and oxygen atoms in total. The summed E-state index contributed by atoms with van der Waals surface area (Å²) in [5.41, 5.74) is 1.45. The first kappa shape index (κ1) is 14.6. The Morgan fingerprint density at radius 1 is 0.762 bits per heavy atom. The Labute approximate surface area is 132 Å². The van der Waals surface area contributed by atoms with Crippen LogP contribution in [0.3, 0.4) is 0 Å². The topological polar surface area (TPSA) is 0 Å². The van der Waals surface area contributed by atoms with Crippen LogP contribution in [-0.2, 0) is 0 Å². The first-order chi connectivity index (χ1) is 10.1. The van der Waals surface area contributed by atoms with Gasteiger partial charge in [-0.25, -0.2) is 0 Å². The van der Waals surface area contributed by atoms with Gasteiger partial charge in [0.05, 0.1) is 0 Å². The molecule has 0 aromatic rings. The molecule has 0 aliphatic heterocycles. The lowest BCUT2D eigenvalue weighted by molar-refractivity contribution is -0.110. The molecule has 4 fully saturated rings. The van der Waals surface area contributed by atoms with Crippen molar-refractivity contribution in [1.82, 2.24) is 0 Å². The predicted octanol–water partition coefficient (Wildman–Crippen LogP) is 6.45. The molecule has 120 valence electrons. The minimum absolute atomic E-state index is 0.716. The van der Waals surface area contributed by atoms with E-state index in [0.29, 0.717) is 5.41 Å². The summed E-state index contributed by atoms with van der Waals surface area (Å²) >= 11 is 0. The van der Waals surface area contributed by atoms with Gasteiger partial charge in [0.1, 0.15) is 0 Å². The molecular weight excluding hydrogens is 252 g/mol. The normalized spacial score (nSPS) is 56.4. The zero-order valence-corrected chi connectivity index (χ0v) is 14.7. The lowest BCUT2D eigenvalue weighted by Crippen LogP contribution is -2.52. The molecule has 0 saturated heterocycles. The van der Waals surface area contributed by atoms with E-state index in [1.54, 1.807) is 51.4 Å². The number of fused-ring (bicyclic) bond motifs is 5. The van der Waals surface area contributed by atoms with Crippen molar-refractivity contribution in [3.8, 4) is 0 Å². The van der Waals surface area contributed by atoms with Crippen LogP contribution in [-0.4, -0.2) is 0 Å². The summed E-state index contributed by atoms with van der Waals surface area (Å²) in [5, 5.41) is 0. The van der Waals surface area contributed by atoms with E-state index in [-0.39, 0.29) is 0 Å². The van der Waals surface area contributed by atoms with Gasteiger partial charge in [-0.15, -0.1) is 0 Å². The monoisotopic (exact) mass is 288 g/mol. The van der Waals surface area contributed by atoms with Crippen molar-refractivity contribution >= 4 is 0 Å². The van der Waals surface area contributed by atoms with Crippen LogP contribution >= 0.6 is 0 Å². The predicted molar refractivity (Wildman–Crippen MR) is 90.1 cm³/mol. The van der Waals surface area contributed by atoms with E-state index in [0.717, 1.165) is 35.0 Å². The second-order valence-corrected chi connectivity index (χ2v) is 9.63. The van der Waals surface area contributed by atoms with E-state index in [9.17, 15) is 0 Å². The number of hydrogen-bond donors (Lipinski definition) is 0. The van der Waals surface area contributed by atoms with Crippen molar-refractivity contribution in [1.29, 1.82) is 0 Å². The van der Waals surface area contributed by atoms with E-state index in [2.05, 4.69) is 20.8 Å². The largest absolute Gasteiger partial charge is 0.0651 e. The van der Waals surface area contributed by atoms with Crippen molar-refractivity contribution in [3.63, 3.8) is 0 Å². The van der Waals surface area contributed by atoms with Gasteiger partial charge in [0.25, 0.3) is 0 Å². The van der Waals surface area contributed by atoms with E-state index < -0.39 is 0 Å². The molecule has 0 aromatic carbocycles. The van der Waals surface area contributed by atoms with E-state index in [1.165, 1.54) is 19.3 Å². The fraction of sp³-hybridized carbons (Fsp3) is 1.00. The summed E-state index contributed by atoms with van der Waals surface area (Å²) in [6, 6.07) is 0. The van der Waals surface area contributed by atoms with Crippen LogP contribution in [0.4, 0.5) is 0 Å². The summed E-state index contributed by atoms with van der Waals surface area (Å²) < 4.78 is 0. The maximum atomic E-state index is 2.71. The Hall–Kier alpha value is 0. The molecule has 4 rings (SSSR count). The van der Waals surface area contributed by atoms with Crippen LogP contribution in [0.25, 0.3) is 0 Å². The maximum Gasteiger partial charge on any atom is -0.0266 e. The molecule has 0 heteroatoms. The highest BCUT2D eigenvalue weighted by Crippen LogP contribution is 2.67. The second-order valence-electron chi connectivity index (χ2n) is 9.63. The molecule has 0 amide bonds. The molecule has 0 aromatic heterocycles. The van der Waals surface area contributed by atoms with Crippen LogP contribution in [0.1, 0.15) is 91.4 Å². The average Bonchev–Trinajstić information content (AvgIpc) is 2.83. The van der Waals surface area contributed by atoms with Crippen LogP contribution in [0.15, 0.2) is 0 Å². The smallest absolute Gasteiger partial charge is 0.0266 e. The van der Waals surface area contributed by atoms with Crippen molar-refractivity contribution in [3.05, 3.63) is 0 Å². The van der Waals surface area contributed by atoms with Gasteiger partial charge in [-0.3, -0.25) is 0 Å². The van der Waals surface area contributed by atoms with E-state index in [4.69, 9.17) is 0 Å². The Kier molecular flexibility index (Phi) is 3.47. The maximum absolute atomic E-state index is 2.71. The third kappa shape index (κ3) is 1.93. The van der Waals surface area contributed by atoms with E-state index >= 15 is 0 Å². The van der Waals surface area contributed by atoms with Crippen LogP contribution < -0.4 is 0 Å². The minimum atomic E-state index is 0.716. The number of hydrogen-bond acceptors (Lipinski definition) is 0. The van der Waals surface area contributed by atoms with E-state index in [1.807, 2.05) is 0 Å². The molecule has 0 radical (unpaired) electrons. The van der Waals surface area contributed by atoms with Crippen molar-refractivity contribution in [2.75, 3.05) is 0 Å². The van der Waals surface area contributed by atoms with Gasteiger partial charge in [-0.2, -0.15) is 0 Å². The molecule has 1 unspecified atom stereocenters. The van der Waals surface area contributed by atoms with Gasteiger partial charge in [-0.05, 0) is 91.8 Å². The molecule has 4 aliphatic carbocycles. The minimum Gasteiger partial charge on any atom is -0.0651 e. The van der Waals surface area contributed by atoms with Crippen LogP contribution in [0.2, 0.25) is 0 Å². The van der Waals surface area contributed by atoms with Gasteiger partial charge in [0.2, 0.25) is 0 Å². The Balaban J connectivity index is 1.62. The summed E-state index contributed by atoms with van der Waals surface area (Å²) in [5.74, 6) is 5.39. The first-order valence-corrected chi connectivity index (χ1v) is 10.1. The molecule has 0 heterocycles. The van der Waals surface area contributed by atoms with Gasteiger partial charge in [0, 0.05) is 0 Å². The summed E-state index contributed by atoms with van der Waals surface area (Å²) in [4.78, 5) is 0. The Morgan fingerprint density at radius 3 is 2.38 bits per heavy atom. The highest BCUT2D eigenvalue weighted by atomic mass is 14.6. The van der Waals surface area contributed by atoms with Crippen LogP contribution in [0.5, 0.6) is 0 Å². The lowest BCUT2D eigenvalue weighted by Gasteiger charge is -2.60. The third-order valence-electron chi connectivity index (χ3n) is 9.27. The summed E-state index contributed by atoms with van der Waals surface area (Å²) in [7, 11) is 0. The molecule has 4 aliphatic rings. The lowest BCUT2D eigenvalue weighted by atomic mass is 9.45. The molecule has 21 heavy (non-hydrogen) atoms. The zero-order chi connectivity index (χ0) is 14.7. The highest BCUT2D eigenvalue weighted by Gasteiger charge is 2.59. The first-order valence-electron chi connectivity index (χ1n) is 10.1. The fourth-order valence-corrected chi connectivity index (χ4v) is 8.07. The molecule has 7 atom stereocenters. The molecular formula is C21H36. The third-order valence-corrected chi connectivity index (χ3v) is 9.27. The highest BCUT2D eigenvalue weighted by molar-refractivity contribution is 5.08. The fourth-order valence-electron chi connectivity index (χ4n) is 8.07. The van der Waals surface area contributed by atoms with Gasteiger partial charge >= 0.3 is 0 Å². The summed E-state index contributed by atoms with van der Waals surface area (Å²) in [6.07, 6.45) is 17.0. The second kappa shape index (κ2) is 5.00. The van der Waals surface area contributed by atoms with Gasteiger partial charge in [0.15, 0.2) is 0 Å². The quantitative estimate of drug-likeness (QED) is 0.520.